The molecule has 0 atom stereocenters. The molecule has 0 saturated carbocycles. The summed E-state index contributed by atoms with van der Waals surface area (Å²) >= 11 is 3.84. The Hall–Kier alpha value is -1.12. The number of rotatable bonds is 1. The van der Waals surface area contributed by atoms with Crippen LogP contribution in [0.3, 0.4) is 0 Å². The van der Waals surface area contributed by atoms with Crippen molar-refractivity contribution in [1.29, 1.82) is 0 Å². The molecule has 0 spiro atoms. The lowest BCUT2D eigenvalue weighted by Crippen LogP contribution is -2.22. The van der Waals surface area contributed by atoms with E-state index in [4.69, 9.17) is 0 Å². The van der Waals surface area contributed by atoms with Crippen LogP contribution in [0.1, 0.15) is 84.6 Å². The fourth-order valence-corrected chi connectivity index (χ4v) is 5.98. The summed E-state index contributed by atoms with van der Waals surface area (Å²) in [6, 6.07) is 7.38. The molecule has 0 unspecified atom stereocenters. The average Bonchev–Trinajstić information content (AvgIpc) is 3.05. The molecule has 3 aromatic rings. The van der Waals surface area contributed by atoms with Gasteiger partial charge in [0.1, 0.15) is 0 Å². The van der Waals surface area contributed by atoms with Crippen LogP contribution in [0.5, 0.6) is 0 Å². The zero-order valence-corrected chi connectivity index (χ0v) is 20.3. The normalized spacial score (nSPS) is 13.6. The zero-order chi connectivity index (χ0) is 20.4. The smallest absolute Gasteiger partial charge is 0.0486 e. The second-order valence-corrected chi connectivity index (χ2v) is 12.9. The van der Waals surface area contributed by atoms with Crippen molar-refractivity contribution in [2.75, 3.05) is 0 Å². The van der Waals surface area contributed by atoms with E-state index >= 15 is 0 Å². The Bertz CT molecular complexity index is 941. The van der Waals surface area contributed by atoms with Gasteiger partial charge >= 0.3 is 0 Å². The molecule has 3 rings (SSSR count). The van der Waals surface area contributed by atoms with Crippen LogP contribution in [-0.2, 0) is 16.2 Å². The molecule has 0 radical (unpaired) electrons. The lowest BCUT2D eigenvalue weighted by atomic mass is 9.72. The summed E-state index contributed by atoms with van der Waals surface area (Å²) in [7, 11) is 0. The summed E-state index contributed by atoms with van der Waals surface area (Å²) in [6.45, 7) is 23.3. The van der Waals surface area contributed by atoms with Crippen molar-refractivity contribution >= 4 is 32.1 Å². The third-order valence-corrected chi connectivity index (χ3v) is 7.75. The highest BCUT2D eigenvalue weighted by Gasteiger charge is 2.30. The maximum atomic E-state index is 2.48. The monoisotopic (exact) mass is 398 g/mol. The van der Waals surface area contributed by atoms with Crippen LogP contribution in [0.15, 0.2) is 23.6 Å². The van der Waals surface area contributed by atoms with Gasteiger partial charge in [0.05, 0.1) is 0 Å². The van der Waals surface area contributed by atoms with E-state index in [1.165, 1.54) is 42.1 Å². The van der Waals surface area contributed by atoms with Gasteiger partial charge in [-0.15, -0.1) is 22.7 Å². The zero-order valence-electron chi connectivity index (χ0n) is 18.6. The van der Waals surface area contributed by atoms with E-state index in [9.17, 15) is 0 Å². The summed E-state index contributed by atoms with van der Waals surface area (Å²) in [5.74, 6) is 0. The first-order valence-corrected chi connectivity index (χ1v) is 11.6. The first-order chi connectivity index (χ1) is 12.2. The first kappa shape index (κ1) is 20.6. The summed E-state index contributed by atoms with van der Waals surface area (Å²) in [4.78, 5) is 1.43. The SMILES string of the molecule is Cc1csc2cc(-c3c(C(C)(C)C)cc(C(C)(C)C)cc3C(C)(C)C)sc12. The molecule has 0 aliphatic heterocycles. The number of benzene rings is 1. The number of hydrogen-bond acceptors (Lipinski definition) is 2. The van der Waals surface area contributed by atoms with Crippen molar-refractivity contribution in [2.45, 2.75) is 85.5 Å². The fraction of sp³-hybridized carbons (Fsp3) is 0.520. The summed E-state index contributed by atoms with van der Waals surface area (Å²) in [5.41, 5.74) is 7.62. The van der Waals surface area contributed by atoms with Crippen LogP contribution >= 0.6 is 22.7 Å². The van der Waals surface area contributed by atoms with E-state index in [0.29, 0.717) is 0 Å². The largest absolute Gasteiger partial charge is 0.143 e. The molecule has 146 valence electrons. The molecule has 2 heterocycles. The summed E-state index contributed by atoms with van der Waals surface area (Å²) in [5, 5.41) is 2.28. The predicted octanol–water partition coefficient (Wildman–Crippen LogP) is 8.83. The lowest BCUT2D eigenvalue weighted by Gasteiger charge is -2.33. The third kappa shape index (κ3) is 3.89. The van der Waals surface area contributed by atoms with Crippen LogP contribution in [0.2, 0.25) is 0 Å². The Morgan fingerprint density at radius 1 is 0.704 bits per heavy atom. The van der Waals surface area contributed by atoms with Gasteiger partial charge in [-0.05, 0) is 62.4 Å². The minimum atomic E-state index is 0.100. The molecule has 27 heavy (non-hydrogen) atoms. The second-order valence-electron chi connectivity index (χ2n) is 10.9. The molecule has 0 aliphatic rings. The van der Waals surface area contributed by atoms with E-state index in [2.05, 4.69) is 92.8 Å². The van der Waals surface area contributed by atoms with Crippen molar-refractivity contribution in [2.24, 2.45) is 0 Å². The highest BCUT2D eigenvalue weighted by Crippen LogP contribution is 2.47. The van der Waals surface area contributed by atoms with Gasteiger partial charge in [0.25, 0.3) is 0 Å². The molecule has 0 amide bonds. The molecule has 0 fully saturated rings. The van der Waals surface area contributed by atoms with Crippen molar-refractivity contribution in [1.82, 2.24) is 0 Å². The molecule has 0 nitrogen and oxygen atoms in total. The van der Waals surface area contributed by atoms with Crippen molar-refractivity contribution in [3.63, 3.8) is 0 Å². The van der Waals surface area contributed by atoms with Gasteiger partial charge in [0.2, 0.25) is 0 Å². The molecule has 2 heteroatoms. The number of aryl methyl sites for hydroxylation is 1. The van der Waals surface area contributed by atoms with Crippen LogP contribution in [-0.4, -0.2) is 0 Å². The Balaban J connectivity index is 2.42. The molecular formula is C25H34S2. The van der Waals surface area contributed by atoms with Crippen molar-refractivity contribution in [3.05, 3.63) is 45.8 Å². The van der Waals surface area contributed by atoms with E-state index in [1.807, 2.05) is 22.7 Å². The number of thiophene rings is 2. The van der Waals surface area contributed by atoms with Gasteiger partial charge in [0, 0.05) is 14.3 Å². The Morgan fingerprint density at radius 3 is 1.63 bits per heavy atom. The minimum absolute atomic E-state index is 0.100. The van der Waals surface area contributed by atoms with Crippen molar-refractivity contribution in [3.8, 4) is 10.4 Å². The van der Waals surface area contributed by atoms with E-state index < -0.39 is 0 Å². The minimum Gasteiger partial charge on any atom is -0.143 e. The van der Waals surface area contributed by atoms with Gasteiger partial charge in [-0.3, -0.25) is 0 Å². The molecule has 0 aliphatic carbocycles. The molecule has 1 aromatic carbocycles. The fourth-order valence-electron chi connectivity index (χ4n) is 3.59. The molecule has 0 saturated heterocycles. The van der Waals surface area contributed by atoms with Crippen LogP contribution < -0.4 is 0 Å². The quantitative estimate of drug-likeness (QED) is 0.384. The maximum Gasteiger partial charge on any atom is 0.0486 e. The van der Waals surface area contributed by atoms with Crippen molar-refractivity contribution < 1.29 is 0 Å². The lowest BCUT2D eigenvalue weighted by molar-refractivity contribution is 0.551. The van der Waals surface area contributed by atoms with E-state index in [1.54, 1.807) is 0 Å². The van der Waals surface area contributed by atoms with E-state index in [-0.39, 0.29) is 16.2 Å². The van der Waals surface area contributed by atoms with Gasteiger partial charge < -0.3 is 0 Å². The summed E-state index contributed by atoms with van der Waals surface area (Å²) < 4.78 is 2.88. The second kappa shape index (κ2) is 6.46. The van der Waals surface area contributed by atoms with Gasteiger partial charge in [-0.1, -0.05) is 74.4 Å². The number of hydrogen-bond donors (Lipinski definition) is 0. The molecule has 2 aromatic heterocycles. The topological polar surface area (TPSA) is 0 Å². The maximum absolute atomic E-state index is 2.48. The highest BCUT2D eigenvalue weighted by molar-refractivity contribution is 7.29. The van der Waals surface area contributed by atoms with Gasteiger partial charge in [-0.2, -0.15) is 0 Å². The van der Waals surface area contributed by atoms with Crippen LogP contribution in [0, 0.1) is 6.92 Å². The summed E-state index contributed by atoms with van der Waals surface area (Å²) in [6.07, 6.45) is 0. The highest BCUT2D eigenvalue weighted by atomic mass is 32.1. The Kier molecular flexibility index (Phi) is 4.93. The number of fused-ring (bicyclic) bond motifs is 1. The van der Waals surface area contributed by atoms with Gasteiger partial charge in [0.15, 0.2) is 0 Å². The predicted molar refractivity (Wildman–Crippen MR) is 126 cm³/mol. The third-order valence-electron chi connectivity index (χ3n) is 5.29. The molecule has 0 N–H and O–H groups in total. The van der Waals surface area contributed by atoms with Gasteiger partial charge in [-0.25, -0.2) is 0 Å². The van der Waals surface area contributed by atoms with E-state index in [0.717, 1.165) is 0 Å². The Morgan fingerprint density at radius 2 is 1.22 bits per heavy atom. The van der Waals surface area contributed by atoms with Crippen LogP contribution in [0.4, 0.5) is 0 Å². The molecular weight excluding hydrogens is 364 g/mol. The average molecular weight is 399 g/mol. The Labute approximate surface area is 173 Å². The first-order valence-electron chi connectivity index (χ1n) is 9.87. The molecule has 0 bridgehead atoms. The van der Waals surface area contributed by atoms with Crippen LogP contribution in [0.25, 0.3) is 19.8 Å². The standard InChI is InChI=1S/C25H34S2/c1-15-14-26-20-13-19(27-22(15)20)21-17(24(5,6)7)11-16(23(2,3)4)12-18(21)25(8,9)10/h11-14H,1-10H3.